The molecule has 0 spiro atoms. The summed E-state index contributed by atoms with van der Waals surface area (Å²) in [7, 11) is 0. The Balaban J connectivity index is 4.31. The van der Waals surface area contributed by atoms with E-state index >= 15 is 0 Å². The van der Waals surface area contributed by atoms with Crippen LogP contribution >= 0.6 is 0 Å². The number of esters is 3. The number of allylic oxidation sites excluding steroid dienone is 4. The van der Waals surface area contributed by atoms with Gasteiger partial charge in [-0.2, -0.15) is 0 Å². The van der Waals surface area contributed by atoms with Crippen molar-refractivity contribution in [3.8, 4) is 0 Å². The number of unbranched alkanes of at least 4 members (excludes halogenated alkanes) is 36. The Labute approximate surface area is 385 Å². The zero-order valence-corrected chi connectivity index (χ0v) is 41.7. The fraction of sp³-hybridized carbons (Fsp3) is 0.875. The number of carbonyl (C=O) groups is 3. The molecule has 0 aromatic rings. The molecule has 0 aliphatic carbocycles. The first-order chi connectivity index (χ1) is 30.5. The van der Waals surface area contributed by atoms with Gasteiger partial charge in [0, 0.05) is 19.3 Å². The number of carbonyl (C=O) groups excluding carboxylic acids is 3. The first-order valence-electron chi connectivity index (χ1n) is 27.4. The van der Waals surface area contributed by atoms with Gasteiger partial charge in [-0.15, -0.1) is 0 Å². The third-order valence-corrected chi connectivity index (χ3v) is 12.2. The van der Waals surface area contributed by atoms with Crippen LogP contribution in [0.2, 0.25) is 0 Å². The molecule has 0 amide bonds. The fourth-order valence-electron chi connectivity index (χ4n) is 8.08. The molecule has 0 bridgehead atoms. The smallest absolute Gasteiger partial charge is 0.306 e. The molecule has 0 heterocycles. The summed E-state index contributed by atoms with van der Waals surface area (Å²) in [6.45, 7) is 6.65. The van der Waals surface area contributed by atoms with E-state index in [-0.39, 0.29) is 31.1 Å². The van der Waals surface area contributed by atoms with Crippen LogP contribution in [0.1, 0.15) is 297 Å². The lowest BCUT2D eigenvalue weighted by molar-refractivity contribution is -0.167. The van der Waals surface area contributed by atoms with Crippen molar-refractivity contribution in [3.63, 3.8) is 0 Å². The highest BCUT2D eigenvalue weighted by atomic mass is 16.6. The van der Waals surface area contributed by atoms with Gasteiger partial charge < -0.3 is 14.2 Å². The number of hydrogen-bond donors (Lipinski definition) is 0. The lowest BCUT2D eigenvalue weighted by Crippen LogP contribution is -2.30. The first kappa shape index (κ1) is 59.9. The molecule has 0 aromatic heterocycles. The third-order valence-electron chi connectivity index (χ3n) is 12.2. The van der Waals surface area contributed by atoms with Gasteiger partial charge in [0.15, 0.2) is 6.10 Å². The van der Waals surface area contributed by atoms with E-state index in [4.69, 9.17) is 14.2 Å². The molecule has 62 heavy (non-hydrogen) atoms. The molecule has 0 radical (unpaired) electrons. The Morgan fingerprint density at radius 2 is 0.565 bits per heavy atom. The quantitative estimate of drug-likeness (QED) is 0.0262. The molecule has 6 nitrogen and oxygen atoms in total. The summed E-state index contributed by atoms with van der Waals surface area (Å²) in [4.78, 5) is 38.0. The second kappa shape index (κ2) is 51.5. The van der Waals surface area contributed by atoms with Crippen molar-refractivity contribution in [2.45, 2.75) is 303 Å². The molecule has 0 N–H and O–H groups in total. The summed E-state index contributed by atoms with van der Waals surface area (Å²) in [5.74, 6) is -0.871. The monoisotopic (exact) mass is 873 g/mol. The van der Waals surface area contributed by atoms with E-state index in [2.05, 4.69) is 45.1 Å². The second-order valence-corrected chi connectivity index (χ2v) is 18.5. The molecule has 1 unspecified atom stereocenters. The first-order valence-corrected chi connectivity index (χ1v) is 27.4. The van der Waals surface area contributed by atoms with Crippen LogP contribution in [0.15, 0.2) is 24.3 Å². The van der Waals surface area contributed by atoms with Crippen LogP contribution in [0.4, 0.5) is 0 Å². The van der Waals surface area contributed by atoms with Gasteiger partial charge in [-0.05, 0) is 44.9 Å². The van der Waals surface area contributed by atoms with E-state index in [0.717, 1.165) is 77.0 Å². The van der Waals surface area contributed by atoms with E-state index in [1.54, 1.807) is 0 Å². The minimum atomic E-state index is -0.771. The maximum atomic E-state index is 12.8. The molecular weight excluding hydrogens is 769 g/mol. The van der Waals surface area contributed by atoms with Crippen LogP contribution in [0.5, 0.6) is 0 Å². The molecule has 0 saturated carbocycles. The van der Waals surface area contributed by atoms with E-state index in [9.17, 15) is 14.4 Å². The maximum Gasteiger partial charge on any atom is 0.306 e. The predicted molar refractivity (Wildman–Crippen MR) is 266 cm³/mol. The van der Waals surface area contributed by atoms with Crippen molar-refractivity contribution >= 4 is 17.9 Å². The minimum absolute atomic E-state index is 0.0714. The van der Waals surface area contributed by atoms with Crippen LogP contribution in [0.25, 0.3) is 0 Å². The average Bonchev–Trinajstić information content (AvgIpc) is 3.27. The largest absolute Gasteiger partial charge is 0.462 e. The lowest BCUT2D eigenvalue weighted by atomic mass is 10.0. The number of hydrogen-bond acceptors (Lipinski definition) is 6. The van der Waals surface area contributed by atoms with Crippen LogP contribution in [0, 0.1) is 0 Å². The zero-order chi connectivity index (χ0) is 45.1. The van der Waals surface area contributed by atoms with E-state index in [1.807, 2.05) is 0 Å². The average molecular weight is 873 g/mol. The topological polar surface area (TPSA) is 78.9 Å². The van der Waals surface area contributed by atoms with Gasteiger partial charge in [-0.1, -0.05) is 257 Å². The summed E-state index contributed by atoms with van der Waals surface area (Å²) in [6, 6.07) is 0. The van der Waals surface area contributed by atoms with Crippen LogP contribution < -0.4 is 0 Å². The Hall–Kier alpha value is -2.11. The van der Waals surface area contributed by atoms with E-state index in [1.165, 1.54) is 180 Å². The van der Waals surface area contributed by atoms with E-state index in [0.29, 0.717) is 19.3 Å². The van der Waals surface area contributed by atoms with Crippen LogP contribution in [0.3, 0.4) is 0 Å². The van der Waals surface area contributed by atoms with Gasteiger partial charge in [0.25, 0.3) is 0 Å². The predicted octanol–water partition coefficient (Wildman–Crippen LogP) is 17.9. The third kappa shape index (κ3) is 48.9. The molecule has 0 fully saturated rings. The van der Waals surface area contributed by atoms with Crippen molar-refractivity contribution in [2.75, 3.05) is 13.2 Å². The zero-order valence-electron chi connectivity index (χ0n) is 41.7. The van der Waals surface area contributed by atoms with Gasteiger partial charge in [-0.25, -0.2) is 0 Å². The summed E-state index contributed by atoms with van der Waals surface area (Å²) >= 11 is 0. The molecule has 364 valence electrons. The fourth-order valence-corrected chi connectivity index (χ4v) is 8.08. The summed E-state index contributed by atoms with van der Waals surface area (Å²) < 4.78 is 16.8. The Kier molecular flexibility index (Phi) is 49.8. The SMILES string of the molecule is CCCCCCCCC/C=C\C=C/CCCCCCCC(=O)OCC(COC(=O)CCCCCCCCCCCC)OC(=O)CCCCCCCCCCCCCCCCCC. The standard InChI is InChI=1S/C56H104O6/c1-4-7-10-13-16-19-22-24-26-28-29-31-32-34-37-40-43-46-49-55(58)61-52-53(51-60-54(57)48-45-42-39-36-21-18-15-12-9-6-3)62-56(59)50-47-44-41-38-35-33-30-27-25-23-20-17-14-11-8-5-2/h26,28-29,31,53H,4-25,27,30,32-52H2,1-3H3/b28-26-,31-29-. The molecule has 0 aromatic carbocycles. The van der Waals surface area contributed by atoms with Gasteiger partial charge in [0.2, 0.25) is 0 Å². The van der Waals surface area contributed by atoms with Crippen molar-refractivity contribution in [1.82, 2.24) is 0 Å². The molecule has 6 heteroatoms. The molecule has 0 rings (SSSR count). The highest BCUT2D eigenvalue weighted by Gasteiger charge is 2.19. The summed E-state index contributed by atoms with van der Waals surface area (Å²) in [5.41, 5.74) is 0. The van der Waals surface area contributed by atoms with Gasteiger partial charge >= 0.3 is 17.9 Å². The normalized spacial score (nSPS) is 12.1. The van der Waals surface area contributed by atoms with E-state index < -0.39 is 6.10 Å². The number of rotatable bonds is 50. The minimum Gasteiger partial charge on any atom is -0.462 e. The molecular formula is C56H104O6. The van der Waals surface area contributed by atoms with Crippen molar-refractivity contribution in [1.29, 1.82) is 0 Å². The van der Waals surface area contributed by atoms with Crippen molar-refractivity contribution < 1.29 is 28.6 Å². The van der Waals surface area contributed by atoms with Crippen molar-refractivity contribution in [3.05, 3.63) is 24.3 Å². The molecule has 0 aliphatic heterocycles. The van der Waals surface area contributed by atoms with Crippen LogP contribution in [-0.4, -0.2) is 37.2 Å². The van der Waals surface area contributed by atoms with Crippen LogP contribution in [-0.2, 0) is 28.6 Å². The maximum absolute atomic E-state index is 12.8. The molecule has 0 saturated heterocycles. The van der Waals surface area contributed by atoms with Gasteiger partial charge in [0.05, 0.1) is 0 Å². The highest BCUT2D eigenvalue weighted by Crippen LogP contribution is 2.16. The molecule has 0 aliphatic rings. The second-order valence-electron chi connectivity index (χ2n) is 18.5. The van der Waals surface area contributed by atoms with Gasteiger partial charge in [-0.3, -0.25) is 14.4 Å². The molecule has 1 atom stereocenters. The Morgan fingerprint density at radius 3 is 0.855 bits per heavy atom. The highest BCUT2D eigenvalue weighted by molar-refractivity contribution is 5.71. The summed E-state index contributed by atoms with van der Waals surface area (Å²) in [6.07, 6.45) is 58.8. The van der Waals surface area contributed by atoms with Gasteiger partial charge in [0.1, 0.15) is 13.2 Å². The number of ether oxygens (including phenoxy) is 3. The Bertz CT molecular complexity index is 1000. The summed E-state index contributed by atoms with van der Waals surface area (Å²) in [5, 5.41) is 0. The lowest BCUT2D eigenvalue weighted by Gasteiger charge is -2.18. The van der Waals surface area contributed by atoms with Crippen molar-refractivity contribution in [2.24, 2.45) is 0 Å². The Morgan fingerprint density at radius 1 is 0.323 bits per heavy atom.